The van der Waals surface area contributed by atoms with Gasteiger partial charge in [-0.2, -0.15) is 0 Å². The molecular weight excluding hydrogens is 301 g/mol. The lowest BCUT2D eigenvalue weighted by Crippen LogP contribution is -2.36. The standard InChI is InChI=1S/C16H24NO4P/c1-12(2)22(19,21-15-7-5-4-6-8-15)17-13(3)16(18)20-11-14-9-10-14/h4-8,12-14H,9-11H2,1-3H3,(H,17,19)/t13-,22?/m0/s1. The normalized spacial score (nSPS) is 18.5. The van der Waals surface area contributed by atoms with Crippen molar-refractivity contribution < 1.29 is 18.6 Å². The van der Waals surface area contributed by atoms with Crippen LogP contribution in [0.25, 0.3) is 0 Å². The quantitative estimate of drug-likeness (QED) is 0.584. The molecule has 1 N–H and O–H groups in total. The van der Waals surface area contributed by atoms with Crippen LogP contribution in [0, 0.1) is 5.92 Å². The third kappa shape index (κ3) is 4.85. The molecule has 1 saturated carbocycles. The summed E-state index contributed by atoms with van der Waals surface area (Å²) < 4.78 is 23.9. The van der Waals surface area contributed by atoms with E-state index in [4.69, 9.17) is 9.26 Å². The lowest BCUT2D eigenvalue weighted by Gasteiger charge is -2.26. The van der Waals surface area contributed by atoms with Crippen LogP contribution >= 0.6 is 7.52 Å². The van der Waals surface area contributed by atoms with E-state index < -0.39 is 13.6 Å². The molecule has 1 fully saturated rings. The van der Waals surface area contributed by atoms with Crippen molar-refractivity contribution in [3.63, 3.8) is 0 Å². The molecule has 0 aromatic heterocycles. The Labute approximate surface area is 131 Å². The molecule has 1 aromatic carbocycles. The van der Waals surface area contributed by atoms with Crippen LogP contribution in [0.4, 0.5) is 0 Å². The SMILES string of the molecule is CC(C)P(=O)(N[C@@H](C)C(=O)OCC1CC1)Oc1ccccc1. The third-order valence-electron chi connectivity index (χ3n) is 3.55. The number of carbonyl (C=O) groups excluding carboxylic acids is 1. The van der Waals surface area contributed by atoms with Gasteiger partial charge in [0.2, 0.25) is 0 Å². The van der Waals surface area contributed by atoms with Gasteiger partial charge in [0.15, 0.2) is 0 Å². The Morgan fingerprint density at radius 2 is 1.91 bits per heavy atom. The fourth-order valence-electron chi connectivity index (χ4n) is 1.85. The highest BCUT2D eigenvalue weighted by Gasteiger charge is 2.34. The molecule has 0 saturated heterocycles. The maximum atomic E-state index is 13.0. The summed E-state index contributed by atoms with van der Waals surface area (Å²) in [5.41, 5.74) is -0.258. The monoisotopic (exact) mass is 325 g/mol. The fourth-order valence-corrected chi connectivity index (χ4v) is 3.49. The van der Waals surface area contributed by atoms with Gasteiger partial charge in [0.1, 0.15) is 11.8 Å². The molecule has 1 aromatic rings. The third-order valence-corrected chi connectivity index (χ3v) is 6.14. The molecule has 6 heteroatoms. The number of benzene rings is 1. The predicted molar refractivity (Wildman–Crippen MR) is 86.1 cm³/mol. The Bertz CT molecular complexity index is 542. The summed E-state index contributed by atoms with van der Waals surface area (Å²) >= 11 is 0. The summed E-state index contributed by atoms with van der Waals surface area (Å²) in [7, 11) is -3.21. The van der Waals surface area contributed by atoms with E-state index in [2.05, 4.69) is 5.09 Å². The number of rotatable bonds is 8. The highest BCUT2D eigenvalue weighted by molar-refractivity contribution is 7.58. The van der Waals surface area contributed by atoms with Crippen molar-refractivity contribution in [2.45, 2.75) is 45.3 Å². The Balaban J connectivity index is 1.97. The van der Waals surface area contributed by atoms with Crippen LogP contribution in [0.15, 0.2) is 30.3 Å². The summed E-state index contributed by atoms with van der Waals surface area (Å²) in [4.78, 5) is 12.0. The Morgan fingerprint density at radius 3 is 2.45 bits per heavy atom. The van der Waals surface area contributed by atoms with Crippen molar-refractivity contribution in [2.75, 3.05) is 6.61 Å². The molecule has 2 atom stereocenters. The number of carbonyl (C=O) groups is 1. The van der Waals surface area contributed by atoms with E-state index in [1.54, 1.807) is 32.9 Å². The second kappa shape index (κ2) is 7.30. The lowest BCUT2D eigenvalue weighted by atomic mass is 10.3. The van der Waals surface area contributed by atoms with Crippen LogP contribution in [-0.2, 0) is 14.1 Å². The van der Waals surface area contributed by atoms with Crippen molar-refractivity contribution in [3.8, 4) is 5.75 Å². The highest BCUT2D eigenvalue weighted by atomic mass is 31.2. The van der Waals surface area contributed by atoms with Gasteiger partial charge < -0.3 is 9.26 Å². The highest BCUT2D eigenvalue weighted by Crippen LogP contribution is 2.48. The van der Waals surface area contributed by atoms with Gasteiger partial charge >= 0.3 is 13.5 Å². The van der Waals surface area contributed by atoms with E-state index in [0.29, 0.717) is 18.3 Å². The van der Waals surface area contributed by atoms with Crippen LogP contribution in [0.3, 0.4) is 0 Å². The summed E-state index contributed by atoms with van der Waals surface area (Å²) in [6.45, 7) is 5.72. The molecule has 2 rings (SSSR count). The first-order valence-electron chi connectivity index (χ1n) is 7.69. The van der Waals surface area contributed by atoms with E-state index in [9.17, 15) is 9.36 Å². The number of nitrogens with one attached hydrogen (secondary N) is 1. The van der Waals surface area contributed by atoms with Gasteiger partial charge in [-0.3, -0.25) is 9.36 Å². The van der Waals surface area contributed by atoms with Gasteiger partial charge in [-0.05, 0) is 37.8 Å². The zero-order chi connectivity index (χ0) is 16.2. The van der Waals surface area contributed by atoms with E-state index >= 15 is 0 Å². The zero-order valence-corrected chi connectivity index (χ0v) is 14.2. The van der Waals surface area contributed by atoms with Crippen LogP contribution in [0.5, 0.6) is 5.75 Å². The molecule has 5 nitrogen and oxygen atoms in total. The topological polar surface area (TPSA) is 64.6 Å². The second-order valence-electron chi connectivity index (χ2n) is 6.02. The molecule has 22 heavy (non-hydrogen) atoms. The largest absolute Gasteiger partial charge is 0.464 e. The fraction of sp³-hybridized carbons (Fsp3) is 0.562. The van der Waals surface area contributed by atoms with E-state index in [1.807, 2.05) is 18.2 Å². The van der Waals surface area contributed by atoms with E-state index in [-0.39, 0.29) is 11.6 Å². The zero-order valence-electron chi connectivity index (χ0n) is 13.3. The molecule has 0 aliphatic heterocycles. The van der Waals surface area contributed by atoms with E-state index in [1.165, 1.54) is 0 Å². The first-order chi connectivity index (χ1) is 10.4. The molecule has 1 aliphatic carbocycles. The Hall–Kier alpha value is -1.32. The van der Waals surface area contributed by atoms with Crippen LogP contribution in [-0.4, -0.2) is 24.3 Å². The summed E-state index contributed by atoms with van der Waals surface area (Å²) in [6, 6.07) is 8.30. The first kappa shape index (κ1) is 17.0. The molecule has 122 valence electrons. The van der Waals surface area contributed by atoms with Gasteiger partial charge in [-0.1, -0.05) is 32.0 Å². The van der Waals surface area contributed by atoms with Crippen LogP contribution in [0.1, 0.15) is 33.6 Å². The molecule has 0 heterocycles. The van der Waals surface area contributed by atoms with Gasteiger partial charge in [-0.25, -0.2) is 5.09 Å². The Kier molecular flexibility index (Phi) is 5.65. The average Bonchev–Trinajstić information content (AvgIpc) is 3.29. The van der Waals surface area contributed by atoms with Crippen molar-refractivity contribution >= 4 is 13.5 Å². The van der Waals surface area contributed by atoms with Gasteiger partial charge in [0.25, 0.3) is 0 Å². The molecule has 1 aliphatic rings. The van der Waals surface area contributed by atoms with Crippen molar-refractivity contribution in [1.29, 1.82) is 0 Å². The molecular formula is C16H24NO4P. The number of hydrogen-bond acceptors (Lipinski definition) is 4. The smallest absolute Gasteiger partial charge is 0.323 e. The summed E-state index contributed by atoms with van der Waals surface area (Å²) in [5.74, 6) is 0.642. The molecule has 0 bridgehead atoms. The lowest BCUT2D eigenvalue weighted by molar-refractivity contribution is -0.145. The minimum atomic E-state index is -3.21. The van der Waals surface area contributed by atoms with Crippen molar-refractivity contribution in [1.82, 2.24) is 5.09 Å². The maximum absolute atomic E-state index is 13.0. The molecule has 1 unspecified atom stereocenters. The molecule has 0 spiro atoms. The predicted octanol–water partition coefficient (Wildman–Crippen LogP) is 3.60. The maximum Gasteiger partial charge on any atom is 0.323 e. The van der Waals surface area contributed by atoms with Crippen molar-refractivity contribution in [2.24, 2.45) is 5.92 Å². The van der Waals surface area contributed by atoms with Gasteiger partial charge in [0, 0.05) is 0 Å². The summed E-state index contributed by atoms with van der Waals surface area (Å²) in [5, 5.41) is 2.84. The number of hydrogen-bond donors (Lipinski definition) is 1. The van der Waals surface area contributed by atoms with Crippen LogP contribution in [0.2, 0.25) is 0 Å². The second-order valence-corrected chi connectivity index (χ2v) is 8.69. The minimum absolute atomic E-state index is 0.258. The Morgan fingerprint density at radius 1 is 1.27 bits per heavy atom. The van der Waals surface area contributed by atoms with Crippen LogP contribution < -0.4 is 9.61 Å². The first-order valence-corrected chi connectivity index (χ1v) is 9.39. The van der Waals surface area contributed by atoms with Gasteiger partial charge in [-0.15, -0.1) is 0 Å². The van der Waals surface area contributed by atoms with E-state index in [0.717, 1.165) is 12.8 Å². The van der Waals surface area contributed by atoms with Crippen molar-refractivity contribution in [3.05, 3.63) is 30.3 Å². The minimum Gasteiger partial charge on any atom is -0.464 e. The number of ether oxygens (including phenoxy) is 1. The number of para-hydroxylation sites is 1. The van der Waals surface area contributed by atoms with Gasteiger partial charge in [0.05, 0.1) is 12.3 Å². The number of esters is 1. The molecule has 0 radical (unpaired) electrons. The average molecular weight is 325 g/mol. The summed E-state index contributed by atoms with van der Waals surface area (Å²) in [6.07, 6.45) is 2.24. The molecule has 0 amide bonds.